The van der Waals surface area contributed by atoms with Crippen LogP contribution in [0.5, 0.6) is 11.5 Å². The molecule has 4 aromatic heterocycles. The van der Waals surface area contributed by atoms with E-state index in [-0.39, 0.29) is 43.8 Å². The summed E-state index contributed by atoms with van der Waals surface area (Å²) in [5.41, 5.74) is 7.88. The number of benzene rings is 4. The van der Waals surface area contributed by atoms with Crippen molar-refractivity contribution in [2.24, 2.45) is 0 Å². The summed E-state index contributed by atoms with van der Waals surface area (Å²) < 4.78 is 17.6. The van der Waals surface area contributed by atoms with E-state index in [1.165, 1.54) is 113 Å². The van der Waals surface area contributed by atoms with Crippen LogP contribution in [0.25, 0.3) is 83.4 Å². The molecule has 4 aromatic carbocycles. The van der Waals surface area contributed by atoms with Gasteiger partial charge in [0.25, 0.3) is 11.4 Å². The highest BCUT2D eigenvalue weighted by atomic mass is 35.5. The summed E-state index contributed by atoms with van der Waals surface area (Å²) in [5.74, 6) is 1.45. The predicted molar refractivity (Wildman–Crippen MR) is 441 cm³/mol. The van der Waals surface area contributed by atoms with Crippen molar-refractivity contribution in [3.8, 4) is 43.1 Å². The third-order valence-electron chi connectivity index (χ3n) is 22.4. The highest BCUT2D eigenvalue weighted by molar-refractivity contribution is 7.28. The fraction of sp³-hybridized carbons (Fsp3) is 0.467. The van der Waals surface area contributed by atoms with Crippen molar-refractivity contribution >= 4 is 134 Å². The summed E-state index contributed by atoms with van der Waals surface area (Å²) in [7, 11) is 0. The Labute approximate surface area is 643 Å². The Morgan fingerprint density at radius 1 is 0.442 bits per heavy atom. The minimum Gasteiger partial charge on any atom is -0.491 e. The normalized spacial score (nSPS) is 16.1. The molecule has 4 heterocycles. The van der Waals surface area contributed by atoms with Crippen molar-refractivity contribution in [2.75, 3.05) is 13.2 Å². The number of halogens is 2. The zero-order chi connectivity index (χ0) is 73.1. The Balaban J connectivity index is 1.13. The number of carbonyl (C=O) groups is 2. The molecular formula is C90H98Cl2N4O4S4. The van der Waals surface area contributed by atoms with Gasteiger partial charge in [0, 0.05) is 85.3 Å². The monoisotopic (exact) mass is 1500 g/mol. The van der Waals surface area contributed by atoms with Crippen molar-refractivity contribution in [1.29, 1.82) is 10.5 Å². The molecule has 0 bridgehead atoms. The van der Waals surface area contributed by atoms with Crippen molar-refractivity contribution in [1.82, 2.24) is 0 Å². The first-order valence-electron chi connectivity index (χ1n) is 39.1. The van der Waals surface area contributed by atoms with Crippen LogP contribution in [-0.2, 0) is 10.8 Å². The molecule has 8 aromatic rings. The van der Waals surface area contributed by atoms with Gasteiger partial charge in [-0.1, -0.05) is 256 Å². The molecule has 0 amide bonds. The smallest absolute Gasteiger partial charge is 0.270 e. The number of unbranched alkanes of at least 4 members (excludes halogenated alkanes) is 22. The molecular weight excluding hydrogens is 1400 g/mol. The average Bonchev–Trinajstić information content (AvgIpc) is 1.51. The van der Waals surface area contributed by atoms with Crippen molar-refractivity contribution in [2.45, 2.75) is 258 Å². The molecule has 0 N–H and O–H groups in total. The van der Waals surface area contributed by atoms with E-state index in [0.29, 0.717) is 57.8 Å². The second-order valence-electron chi connectivity index (χ2n) is 29.3. The van der Waals surface area contributed by atoms with Gasteiger partial charge in [0.05, 0.1) is 67.7 Å². The first-order valence-corrected chi connectivity index (χ1v) is 43.1. The average molecular weight is 1500 g/mol. The number of carbonyl (C=O) groups excluding carboxylic acids is 2. The van der Waals surface area contributed by atoms with Gasteiger partial charge in [-0.05, 0) is 120 Å². The number of allylic oxidation sites excluding steroid dienone is 6. The summed E-state index contributed by atoms with van der Waals surface area (Å²) in [5, 5.41) is 26.1. The SMILES string of the molecule is [C-]#[N+]/C(C#N)=C1\C(=C\c2cc3c(s2)-c2sc4c(OCCCCCCCC)c5cc6c7c(sc6c(OCCCCCCCC)c5cc4c2C3(CCCCCC)CCCCCC)-c2sc(/C=C3\C(=O)c4cc(Cl)c(Cl)cc4\C3=C(\C#N)[N+]#[C-])cc2C7(CCCCCC)CCCCCC)C(=O)c2ccccc21. The largest absolute Gasteiger partial charge is 0.491 e. The maximum atomic E-state index is 14.8. The quantitative estimate of drug-likeness (QED) is 0.0165. The number of hydrogen-bond donors (Lipinski definition) is 0. The number of thiophene rings is 4. The molecule has 4 aliphatic carbocycles. The summed E-state index contributed by atoms with van der Waals surface area (Å²) in [6.07, 6.45) is 39.3. The highest BCUT2D eigenvalue weighted by Crippen LogP contribution is 2.67. The zero-order valence-electron chi connectivity index (χ0n) is 61.8. The molecule has 14 heteroatoms. The number of ketones is 2. The number of fused-ring (bicyclic) bond motifs is 13. The van der Waals surface area contributed by atoms with Crippen LogP contribution in [0, 0.1) is 35.8 Å². The number of rotatable bonds is 38. The molecule has 104 heavy (non-hydrogen) atoms. The van der Waals surface area contributed by atoms with Crippen LogP contribution in [-0.4, -0.2) is 24.8 Å². The van der Waals surface area contributed by atoms with E-state index < -0.39 is 0 Å². The van der Waals surface area contributed by atoms with Crippen LogP contribution in [0.1, 0.15) is 311 Å². The van der Waals surface area contributed by atoms with Gasteiger partial charge in [0.2, 0.25) is 0 Å². The molecule has 8 nitrogen and oxygen atoms in total. The molecule has 12 rings (SSSR count). The van der Waals surface area contributed by atoms with E-state index in [1.54, 1.807) is 34.8 Å². The third kappa shape index (κ3) is 14.8. The molecule has 0 spiro atoms. The second-order valence-corrected chi connectivity index (χ2v) is 34.3. The maximum absolute atomic E-state index is 14.8. The van der Waals surface area contributed by atoms with Gasteiger partial charge in [-0.15, -0.1) is 45.3 Å². The number of Topliss-reactive ketones (excluding diaryl/α,β-unsaturated/α-hetero) is 2. The maximum Gasteiger partial charge on any atom is 0.270 e. The van der Waals surface area contributed by atoms with Gasteiger partial charge < -0.3 is 9.47 Å². The van der Waals surface area contributed by atoms with Gasteiger partial charge in [-0.3, -0.25) is 9.59 Å². The molecule has 0 saturated carbocycles. The van der Waals surface area contributed by atoms with Crippen molar-refractivity contribution in [3.05, 3.63) is 170 Å². The number of hydrogen-bond acceptors (Lipinski definition) is 10. The molecule has 0 aliphatic heterocycles. The molecule has 0 unspecified atom stereocenters. The molecule has 0 fully saturated rings. The van der Waals surface area contributed by atoms with Crippen LogP contribution >= 0.6 is 68.5 Å². The molecule has 0 saturated heterocycles. The lowest BCUT2D eigenvalue weighted by Crippen LogP contribution is -2.25. The van der Waals surface area contributed by atoms with Crippen LogP contribution in [0.4, 0.5) is 0 Å². The van der Waals surface area contributed by atoms with Crippen molar-refractivity contribution < 1.29 is 19.1 Å². The first-order chi connectivity index (χ1) is 50.8. The molecule has 0 radical (unpaired) electrons. The van der Waals surface area contributed by atoms with Gasteiger partial charge in [0.1, 0.15) is 11.5 Å². The van der Waals surface area contributed by atoms with Gasteiger partial charge in [0.15, 0.2) is 11.6 Å². The summed E-state index contributed by atoms with van der Waals surface area (Å²) in [6, 6.07) is 24.7. The summed E-state index contributed by atoms with van der Waals surface area (Å²) in [6.45, 7) is 31.2. The molecule has 0 atom stereocenters. The predicted octanol–water partition coefficient (Wildman–Crippen LogP) is 29.5. The molecule has 4 aliphatic rings. The van der Waals surface area contributed by atoms with Crippen LogP contribution in [0.15, 0.2) is 83.2 Å². The standard InChI is InChI=1S/C90H98Cl2N4O4S4/c1-9-15-21-27-29-37-45-99-81-64-52-68-78-88(86-70(90(78,43-35-25-19-13-5)44-36-26-20-14-6)50-58(102-86)48-66-76(74(56-94)96-8)61-53-71(91)72(92)54-62(61)80(66)98)104-84(68)82(100-46-38-30-28-22-16-10-2)63(64)51-67-77-87(103-83(67)81)85-69(89(77,41-33-23-17-11-3)42-34-24-18-12-4)49-57(101-85)47-65-75(73(55-93)95-7)59-39-31-32-40-60(59)79(65)97/h31-32,39-40,47-54H,9-30,33-38,41-46H2,1-6H3/b65-47-,66-48-,75-73-,76-74+. The van der Waals surface area contributed by atoms with E-state index in [4.69, 9.17) is 45.8 Å². The first kappa shape index (κ1) is 76.5. The number of ether oxygens (including phenoxy) is 2. The van der Waals surface area contributed by atoms with Crippen LogP contribution in [0.2, 0.25) is 10.0 Å². The minimum atomic E-state index is -0.376. The second kappa shape index (κ2) is 35.1. The summed E-state index contributed by atoms with van der Waals surface area (Å²) >= 11 is 20.5. The van der Waals surface area contributed by atoms with Gasteiger partial charge in [-0.25, -0.2) is 20.2 Å². The Hall–Kier alpha value is -7.10. The van der Waals surface area contributed by atoms with E-state index >= 15 is 0 Å². The van der Waals surface area contributed by atoms with E-state index in [9.17, 15) is 20.1 Å². The Kier molecular flexibility index (Phi) is 25.8. The number of nitriles is 2. The fourth-order valence-electron chi connectivity index (χ4n) is 17.2. The van der Waals surface area contributed by atoms with E-state index in [2.05, 4.69) is 87.6 Å². The van der Waals surface area contributed by atoms with Crippen molar-refractivity contribution in [3.63, 3.8) is 0 Å². The Bertz CT molecular complexity index is 4820. The minimum absolute atomic E-state index is 0.0686. The highest BCUT2D eigenvalue weighted by Gasteiger charge is 2.50. The molecule has 540 valence electrons. The third-order valence-corrected chi connectivity index (χ3v) is 28.0. The lowest BCUT2D eigenvalue weighted by molar-refractivity contribution is 0.103. The lowest BCUT2D eigenvalue weighted by Gasteiger charge is -2.33. The lowest BCUT2D eigenvalue weighted by atomic mass is 9.70. The van der Waals surface area contributed by atoms with E-state index in [0.717, 1.165) is 186 Å². The van der Waals surface area contributed by atoms with Gasteiger partial charge in [-0.2, -0.15) is 0 Å². The fourth-order valence-corrected chi connectivity index (χ4v) is 23.0. The Morgan fingerprint density at radius 2 is 0.798 bits per heavy atom. The zero-order valence-corrected chi connectivity index (χ0v) is 66.6. The Morgan fingerprint density at radius 3 is 1.19 bits per heavy atom. The van der Waals surface area contributed by atoms with Gasteiger partial charge >= 0.3 is 0 Å². The number of nitrogens with zero attached hydrogens (tertiary/aromatic N) is 4. The summed E-state index contributed by atoms with van der Waals surface area (Å²) in [4.78, 5) is 43.7. The van der Waals surface area contributed by atoms with Crippen LogP contribution in [0.3, 0.4) is 0 Å². The van der Waals surface area contributed by atoms with Crippen LogP contribution < -0.4 is 9.47 Å². The van der Waals surface area contributed by atoms with E-state index in [1.807, 2.05) is 59.1 Å². The topological polar surface area (TPSA) is 109 Å².